The molecule has 7 heteroatoms. The number of amides is 2. The summed E-state index contributed by atoms with van der Waals surface area (Å²) in [5, 5.41) is 11.8. The number of hydrogen-bond acceptors (Lipinski definition) is 3. The lowest BCUT2D eigenvalue weighted by Crippen LogP contribution is -2.24. The normalized spacial score (nSPS) is 14.9. The fourth-order valence-electron chi connectivity index (χ4n) is 3.12. The smallest absolute Gasteiger partial charge is 0.311 e. The number of aliphatic carboxylic acids is 1. The Morgan fingerprint density at radius 3 is 2.56 bits per heavy atom. The van der Waals surface area contributed by atoms with Crippen molar-refractivity contribution in [3.63, 3.8) is 0 Å². The van der Waals surface area contributed by atoms with E-state index in [1.54, 1.807) is 35.2 Å². The molecule has 2 aromatic carbocycles. The zero-order valence-electron chi connectivity index (χ0n) is 14.5. The lowest BCUT2D eigenvalue weighted by atomic mass is 9.95. The summed E-state index contributed by atoms with van der Waals surface area (Å²) >= 11 is 0. The first-order chi connectivity index (χ1) is 13.0. The molecule has 1 atom stereocenters. The predicted octanol–water partition coefficient (Wildman–Crippen LogP) is 3.15. The van der Waals surface area contributed by atoms with Gasteiger partial charge >= 0.3 is 5.97 Å². The van der Waals surface area contributed by atoms with Crippen LogP contribution in [-0.2, 0) is 14.4 Å². The van der Waals surface area contributed by atoms with Crippen molar-refractivity contribution in [2.24, 2.45) is 0 Å². The van der Waals surface area contributed by atoms with Crippen LogP contribution in [0.1, 0.15) is 30.7 Å². The molecule has 0 spiro atoms. The number of nitrogens with one attached hydrogen (secondary N) is 1. The van der Waals surface area contributed by atoms with E-state index < -0.39 is 23.6 Å². The van der Waals surface area contributed by atoms with Crippen molar-refractivity contribution in [3.8, 4) is 0 Å². The monoisotopic (exact) mass is 370 g/mol. The largest absolute Gasteiger partial charge is 0.481 e. The summed E-state index contributed by atoms with van der Waals surface area (Å²) in [6.45, 7) is 0.549. The minimum Gasteiger partial charge on any atom is -0.481 e. The van der Waals surface area contributed by atoms with E-state index >= 15 is 0 Å². The van der Waals surface area contributed by atoms with Gasteiger partial charge in [-0.05, 0) is 30.2 Å². The van der Waals surface area contributed by atoms with E-state index in [9.17, 15) is 23.9 Å². The van der Waals surface area contributed by atoms with E-state index in [0.717, 1.165) is 6.42 Å². The van der Waals surface area contributed by atoms with E-state index in [4.69, 9.17) is 0 Å². The third-order valence-corrected chi connectivity index (χ3v) is 4.50. The molecule has 0 unspecified atom stereocenters. The molecule has 2 aromatic rings. The average molecular weight is 370 g/mol. The highest BCUT2D eigenvalue weighted by Crippen LogP contribution is 2.27. The summed E-state index contributed by atoms with van der Waals surface area (Å²) in [7, 11) is 0. The molecular formula is C20H19FN2O4. The molecule has 0 radical (unpaired) electrons. The van der Waals surface area contributed by atoms with Gasteiger partial charge in [0.2, 0.25) is 11.8 Å². The van der Waals surface area contributed by atoms with Gasteiger partial charge in [0, 0.05) is 25.1 Å². The number of carboxylic acid groups (broad SMARTS) is 1. The Morgan fingerprint density at radius 1 is 1.19 bits per heavy atom. The number of anilines is 2. The zero-order chi connectivity index (χ0) is 19.4. The molecule has 1 heterocycles. The lowest BCUT2D eigenvalue weighted by molar-refractivity contribution is -0.140. The second-order valence-electron chi connectivity index (χ2n) is 6.37. The quantitative estimate of drug-likeness (QED) is 0.818. The summed E-state index contributed by atoms with van der Waals surface area (Å²) in [6, 6.07) is 12.5. The third kappa shape index (κ3) is 4.31. The van der Waals surface area contributed by atoms with Gasteiger partial charge in [-0.1, -0.05) is 30.3 Å². The average Bonchev–Trinajstić information content (AvgIpc) is 3.08. The number of halogens is 1. The molecule has 1 saturated heterocycles. The summed E-state index contributed by atoms with van der Waals surface area (Å²) in [4.78, 5) is 37.2. The lowest BCUT2D eigenvalue weighted by Gasteiger charge is -2.18. The van der Waals surface area contributed by atoms with Crippen LogP contribution in [0.5, 0.6) is 0 Å². The molecule has 140 valence electrons. The maximum absolute atomic E-state index is 14.1. The summed E-state index contributed by atoms with van der Waals surface area (Å²) in [5.41, 5.74) is 0.929. The van der Waals surface area contributed by atoms with Crippen LogP contribution in [0.15, 0.2) is 48.5 Å². The van der Waals surface area contributed by atoms with Gasteiger partial charge in [0.05, 0.1) is 11.6 Å². The van der Waals surface area contributed by atoms with Gasteiger partial charge in [0.15, 0.2) is 0 Å². The van der Waals surface area contributed by atoms with E-state index in [0.29, 0.717) is 24.2 Å². The fourth-order valence-corrected chi connectivity index (χ4v) is 3.12. The highest BCUT2D eigenvalue weighted by molar-refractivity contribution is 5.98. The van der Waals surface area contributed by atoms with E-state index in [2.05, 4.69) is 5.32 Å². The molecule has 27 heavy (non-hydrogen) atoms. The SMILES string of the molecule is O=C(C[C@@H](C(=O)O)c1ccccc1)Nc1cc(N2CCCC2=O)ccc1F. The Morgan fingerprint density at radius 2 is 1.93 bits per heavy atom. The summed E-state index contributed by atoms with van der Waals surface area (Å²) < 4.78 is 14.1. The summed E-state index contributed by atoms with van der Waals surface area (Å²) in [5.74, 6) is -3.47. The molecule has 1 fully saturated rings. The van der Waals surface area contributed by atoms with E-state index in [-0.39, 0.29) is 18.0 Å². The number of carboxylic acids is 1. The number of benzene rings is 2. The maximum atomic E-state index is 14.1. The highest BCUT2D eigenvalue weighted by atomic mass is 19.1. The molecule has 0 aliphatic carbocycles. The van der Waals surface area contributed by atoms with Gasteiger partial charge in [-0.2, -0.15) is 0 Å². The van der Waals surface area contributed by atoms with Gasteiger partial charge in [-0.15, -0.1) is 0 Å². The van der Waals surface area contributed by atoms with Gasteiger partial charge in [-0.25, -0.2) is 4.39 Å². The van der Waals surface area contributed by atoms with Crippen LogP contribution in [0.25, 0.3) is 0 Å². The van der Waals surface area contributed by atoms with Crippen LogP contribution in [0.3, 0.4) is 0 Å². The van der Waals surface area contributed by atoms with Crippen LogP contribution in [0.2, 0.25) is 0 Å². The van der Waals surface area contributed by atoms with E-state index in [1.165, 1.54) is 18.2 Å². The van der Waals surface area contributed by atoms with Crippen molar-refractivity contribution in [2.75, 3.05) is 16.8 Å². The Bertz CT molecular complexity index is 870. The first kappa shape index (κ1) is 18.6. The number of nitrogens with zero attached hydrogens (tertiary/aromatic N) is 1. The number of rotatable bonds is 6. The van der Waals surface area contributed by atoms with Crippen LogP contribution in [0.4, 0.5) is 15.8 Å². The molecule has 2 amide bonds. The Labute approximate surface area is 155 Å². The topological polar surface area (TPSA) is 86.7 Å². The minimum atomic E-state index is -1.13. The van der Waals surface area contributed by atoms with Gasteiger partial charge in [0.1, 0.15) is 5.82 Å². The van der Waals surface area contributed by atoms with Gasteiger partial charge in [-0.3, -0.25) is 14.4 Å². The zero-order valence-corrected chi connectivity index (χ0v) is 14.5. The second kappa shape index (κ2) is 7.99. The number of carbonyl (C=O) groups excluding carboxylic acids is 2. The van der Waals surface area contributed by atoms with Crippen molar-refractivity contribution >= 4 is 29.2 Å². The molecule has 0 aromatic heterocycles. The molecule has 0 saturated carbocycles. The molecule has 0 bridgehead atoms. The van der Waals surface area contributed by atoms with E-state index in [1.807, 2.05) is 0 Å². The van der Waals surface area contributed by atoms with Crippen LogP contribution < -0.4 is 10.2 Å². The van der Waals surface area contributed by atoms with Crippen molar-refractivity contribution in [1.29, 1.82) is 0 Å². The van der Waals surface area contributed by atoms with Crippen LogP contribution in [0, 0.1) is 5.82 Å². The summed E-state index contributed by atoms with van der Waals surface area (Å²) in [6.07, 6.45) is 0.845. The molecule has 3 rings (SSSR count). The fraction of sp³-hybridized carbons (Fsp3) is 0.250. The maximum Gasteiger partial charge on any atom is 0.311 e. The molecule has 2 N–H and O–H groups in total. The first-order valence-electron chi connectivity index (χ1n) is 8.63. The van der Waals surface area contributed by atoms with Crippen molar-refractivity contribution in [3.05, 3.63) is 59.9 Å². The van der Waals surface area contributed by atoms with Crippen molar-refractivity contribution in [2.45, 2.75) is 25.2 Å². The number of carbonyl (C=O) groups is 3. The first-order valence-corrected chi connectivity index (χ1v) is 8.63. The second-order valence-corrected chi connectivity index (χ2v) is 6.37. The minimum absolute atomic E-state index is 0.0473. The molecule has 6 nitrogen and oxygen atoms in total. The predicted molar refractivity (Wildman–Crippen MR) is 98.1 cm³/mol. The standard InChI is InChI=1S/C20H19FN2O4/c21-16-9-8-14(23-10-4-7-19(23)25)11-17(16)22-18(24)12-15(20(26)27)13-5-2-1-3-6-13/h1-3,5-6,8-9,11,15H,4,7,10,12H2,(H,22,24)(H,26,27)/t15-/m1/s1. The third-order valence-electron chi connectivity index (χ3n) is 4.50. The van der Waals surface area contributed by atoms with Crippen molar-refractivity contribution < 1.29 is 23.9 Å². The molecule has 1 aliphatic rings. The van der Waals surface area contributed by atoms with Gasteiger partial charge in [0.25, 0.3) is 0 Å². The Balaban J connectivity index is 1.75. The Hall–Kier alpha value is -3.22. The highest BCUT2D eigenvalue weighted by Gasteiger charge is 2.25. The molecule has 1 aliphatic heterocycles. The van der Waals surface area contributed by atoms with Crippen molar-refractivity contribution in [1.82, 2.24) is 0 Å². The Kier molecular flexibility index (Phi) is 5.49. The van der Waals surface area contributed by atoms with Crippen LogP contribution >= 0.6 is 0 Å². The number of hydrogen-bond donors (Lipinski definition) is 2. The van der Waals surface area contributed by atoms with Gasteiger partial charge < -0.3 is 15.3 Å². The molecular weight excluding hydrogens is 351 g/mol. The van der Waals surface area contributed by atoms with Crippen LogP contribution in [-0.4, -0.2) is 29.4 Å².